The number of hydrogen-bond donors (Lipinski definition) is 2. The molecule has 6 heteroatoms. The molecule has 0 bridgehead atoms. The Bertz CT molecular complexity index is 932. The molecule has 3 aromatic rings. The van der Waals surface area contributed by atoms with Gasteiger partial charge in [-0.3, -0.25) is 4.99 Å². The molecule has 0 unspecified atom stereocenters. The van der Waals surface area contributed by atoms with Crippen LogP contribution in [0.1, 0.15) is 24.7 Å². The maximum Gasteiger partial charge on any atom is 0.191 e. The fraction of sp³-hybridized carbons (Fsp3) is 0.364. The number of rotatable bonds is 8. The Morgan fingerprint density at radius 3 is 2.82 bits per heavy atom. The monoisotopic (exact) mass is 379 g/mol. The van der Waals surface area contributed by atoms with Gasteiger partial charge in [0.2, 0.25) is 0 Å². The summed E-state index contributed by atoms with van der Waals surface area (Å²) in [5.41, 5.74) is 3.41. The maximum absolute atomic E-state index is 5.55. The standard InChI is InChI=1S/C22H29N5O/c1-4-28-19-10-7-9-18(15-19)16-25-22(23-3)24-13-8-14-27-17(2)26-20-11-5-6-12-21(20)27/h5-7,9-12,15H,4,8,13-14,16H2,1-3H3,(H2,23,24,25). The minimum atomic E-state index is 0.672. The van der Waals surface area contributed by atoms with Crippen LogP contribution in [0.15, 0.2) is 53.5 Å². The molecule has 0 saturated carbocycles. The van der Waals surface area contributed by atoms with Crippen LogP contribution in [-0.2, 0) is 13.1 Å². The molecule has 0 radical (unpaired) electrons. The Hall–Kier alpha value is -3.02. The molecule has 0 fully saturated rings. The number of para-hydroxylation sites is 2. The molecule has 0 aliphatic carbocycles. The molecule has 1 heterocycles. The normalized spacial score (nSPS) is 11.6. The molecule has 0 spiro atoms. The molecule has 1 aromatic heterocycles. The molecular weight excluding hydrogens is 350 g/mol. The molecule has 0 aliphatic heterocycles. The van der Waals surface area contributed by atoms with E-state index in [-0.39, 0.29) is 0 Å². The SMILES string of the molecule is CCOc1cccc(CNC(=NC)NCCCn2c(C)nc3ccccc32)c1. The predicted molar refractivity (Wildman–Crippen MR) is 115 cm³/mol. The highest BCUT2D eigenvalue weighted by Crippen LogP contribution is 2.15. The Kier molecular flexibility index (Phi) is 6.89. The fourth-order valence-corrected chi connectivity index (χ4v) is 3.24. The van der Waals surface area contributed by atoms with Gasteiger partial charge in [0.25, 0.3) is 0 Å². The topological polar surface area (TPSA) is 63.5 Å². The van der Waals surface area contributed by atoms with Gasteiger partial charge in [-0.05, 0) is 50.1 Å². The molecule has 0 saturated heterocycles. The van der Waals surface area contributed by atoms with Crippen molar-refractivity contribution in [2.75, 3.05) is 20.2 Å². The summed E-state index contributed by atoms with van der Waals surface area (Å²) in [6, 6.07) is 16.4. The Morgan fingerprint density at radius 1 is 1.14 bits per heavy atom. The van der Waals surface area contributed by atoms with Crippen molar-refractivity contribution in [1.29, 1.82) is 0 Å². The highest BCUT2D eigenvalue weighted by Gasteiger charge is 2.06. The van der Waals surface area contributed by atoms with E-state index in [1.807, 2.05) is 25.1 Å². The number of benzene rings is 2. The second-order valence-electron chi connectivity index (χ2n) is 6.59. The van der Waals surface area contributed by atoms with E-state index in [4.69, 9.17) is 4.74 Å². The molecule has 2 aromatic carbocycles. The smallest absolute Gasteiger partial charge is 0.191 e. The summed E-state index contributed by atoms with van der Waals surface area (Å²) in [5, 5.41) is 6.74. The number of fused-ring (bicyclic) bond motifs is 1. The van der Waals surface area contributed by atoms with Crippen LogP contribution in [0.2, 0.25) is 0 Å². The van der Waals surface area contributed by atoms with Gasteiger partial charge in [-0.1, -0.05) is 24.3 Å². The van der Waals surface area contributed by atoms with Gasteiger partial charge in [-0.2, -0.15) is 0 Å². The number of nitrogens with one attached hydrogen (secondary N) is 2. The van der Waals surface area contributed by atoms with Crippen molar-refractivity contribution in [3.63, 3.8) is 0 Å². The number of aliphatic imine (C=N–C) groups is 1. The van der Waals surface area contributed by atoms with Crippen LogP contribution >= 0.6 is 0 Å². The van der Waals surface area contributed by atoms with Crippen LogP contribution in [-0.4, -0.2) is 35.7 Å². The number of imidazole rings is 1. The highest BCUT2D eigenvalue weighted by atomic mass is 16.5. The maximum atomic E-state index is 5.55. The van der Waals surface area contributed by atoms with Crippen molar-refractivity contribution in [2.24, 2.45) is 4.99 Å². The molecule has 28 heavy (non-hydrogen) atoms. The summed E-state index contributed by atoms with van der Waals surface area (Å²) in [6.45, 7) is 7.18. The second kappa shape index (κ2) is 9.78. The van der Waals surface area contributed by atoms with E-state index in [9.17, 15) is 0 Å². The van der Waals surface area contributed by atoms with Crippen molar-refractivity contribution in [3.8, 4) is 5.75 Å². The summed E-state index contributed by atoms with van der Waals surface area (Å²) in [4.78, 5) is 8.93. The second-order valence-corrected chi connectivity index (χ2v) is 6.59. The quantitative estimate of drug-likeness (QED) is 0.357. The summed E-state index contributed by atoms with van der Waals surface area (Å²) in [5.74, 6) is 2.75. The molecule has 2 N–H and O–H groups in total. The van der Waals surface area contributed by atoms with E-state index in [2.05, 4.69) is 62.4 Å². The lowest BCUT2D eigenvalue weighted by molar-refractivity contribution is 0.340. The molecule has 0 atom stereocenters. The average molecular weight is 380 g/mol. The van der Waals surface area contributed by atoms with Crippen molar-refractivity contribution < 1.29 is 4.74 Å². The van der Waals surface area contributed by atoms with Gasteiger partial charge in [0, 0.05) is 26.7 Å². The highest BCUT2D eigenvalue weighted by molar-refractivity contribution is 5.79. The van der Waals surface area contributed by atoms with E-state index >= 15 is 0 Å². The number of ether oxygens (including phenoxy) is 1. The van der Waals surface area contributed by atoms with Gasteiger partial charge in [0.15, 0.2) is 5.96 Å². The number of aryl methyl sites for hydroxylation is 2. The fourth-order valence-electron chi connectivity index (χ4n) is 3.24. The number of aromatic nitrogens is 2. The Morgan fingerprint density at radius 2 is 2.00 bits per heavy atom. The summed E-state index contributed by atoms with van der Waals surface area (Å²) < 4.78 is 7.82. The molecule has 6 nitrogen and oxygen atoms in total. The van der Waals surface area contributed by atoms with Crippen LogP contribution in [0.3, 0.4) is 0 Å². The predicted octanol–water partition coefficient (Wildman–Crippen LogP) is 3.50. The minimum Gasteiger partial charge on any atom is -0.494 e. The van der Waals surface area contributed by atoms with Gasteiger partial charge in [-0.15, -0.1) is 0 Å². The molecule has 0 aliphatic rings. The van der Waals surface area contributed by atoms with Crippen LogP contribution in [0, 0.1) is 6.92 Å². The molecule has 0 amide bonds. The zero-order valence-electron chi connectivity index (χ0n) is 16.9. The van der Waals surface area contributed by atoms with E-state index in [0.717, 1.165) is 48.1 Å². The molecule has 148 valence electrons. The van der Waals surface area contributed by atoms with Crippen LogP contribution in [0.4, 0.5) is 0 Å². The van der Waals surface area contributed by atoms with Gasteiger partial charge < -0.3 is 19.9 Å². The van der Waals surface area contributed by atoms with Crippen molar-refractivity contribution >= 4 is 17.0 Å². The first-order valence-corrected chi connectivity index (χ1v) is 9.79. The lowest BCUT2D eigenvalue weighted by Gasteiger charge is -2.13. The lowest BCUT2D eigenvalue weighted by Crippen LogP contribution is -2.37. The largest absolute Gasteiger partial charge is 0.494 e. The van der Waals surface area contributed by atoms with E-state index in [0.29, 0.717) is 13.2 Å². The Balaban J connectivity index is 1.47. The number of nitrogens with zero attached hydrogens (tertiary/aromatic N) is 3. The third-order valence-corrected chi connectivity index (χ3v) is 4.59. The summed E-state index contributed by atoms with van der Waals surface area (Å²) in [7, 11) is 1.79. The lowest BCUT2D eigenvalue weighted by atomic mass is 10.2. The van der Waals surface area contributed by atoms with Crippen LogP contribution < -0.4 is 15.4 Å². The average Bonchev–Trinajstić information content (AvgIpc) is 3.03. The van der Waals surface area contributed by atoms with Gasteiger partial charge in [-0.25, -0.2) is 4.98 Å². The number of hydrogen-bond acceptors (Lipinski definition) is 3. The number of guanidine groups is 1. The first-order chi connectivity index (χ1) is 13.7. The van der Waals surface area contributed by atoms with Crippen LogP contribution in [0.5, 0.6) is 5.75 Å². The van der Waals surface area contributed by atoms with Gasteiger partial charge >= 0.3 is 0 Å². The summed E-state index contributed by atoms with van der Waals surface area (Å²) in [6.07, 6.45) is 0.988. The first-order valence-electron chi connectivity index (χ1n) is 9.79. The molecular formula is C22H29N5O. The zero-order valence-corrected chi connectivity index (χ0v) is 16.9. The van der Waals surface area contributed by atoms with Crippen molar-refractivity contribution in [2.45, 2.75) is 33.4 Å². The third-order valence-electron chi connectivity index (χ3n) is 4.59. The van der Waals surface area contributed by atoms with Crippen LogP contribution in [0.25, 0.3) is 11.0 Å². The van der Waals surface area contributed by atoms with Crippen molar-refractivity contribution in [3.05, 3.63) is 59.9 Å². The summed E-state index contributed by atoms with van der Waals surface area (Å²) >= 11 is 0. The van der Waals surface area contributed by atoms with E-state index in [1.54, 1.807) is 7.05 Å². The van der Waals surface area contributed by atoms with E-state index < -0.39 is 0 Å². The van der Waals surface area contributed by atoms with Gasteiger partial charge in [0.1, 0.15) is 11.6 Å². The molecule has 3 rings (SSSR count). The van der Waals surface area contributed by atoms with Crippen molar-refractivity contribution in [1.82, 2.24) is 20.2 Å². The first kappa shape index (κ1) is 19.7. The Labute approximate surface area is 166 Å². The third kappa shape index (κ3) is 5.03. The van der Waals surface area contributed by atoms with Gasteiger partial charge in [0.05, 0.1) is 17.6 Å². The minimum absolute atomic E-state index is 0.672. The zero-order chi connectivity index (χ0) is 19.8. The van der Waals surface area contributed by atoms with E-state index in [1.165, 1.54) is 5.52 Å².